The molecule has 106 valence electrons. The van der Waals surface area contributed by atoms with E-state index < -0.39 is 0 Å². The van der Waals surface area contributed by atoms with Crippen molar-refractivity contribution in [1.29, 1.82) is 0 Å². The van der Waals surface area contributed by atoms with Gasteiger partial charge in [-0.15, -0.1) is 0 Å². The van der Waals surface area contributed by atoms with Gasteiger partial charge in [-0.05, 0) is 31.9 Å². The Hall–Kier alpha value is -1.69. The number of thioether (sulfide) groups is 1. The van der Waals surface area contributed by atoms with Gasteiger partial charge in [0.1, 0.15) is 5.75 Å². The third kappa shape index (κ3) is 2.90. The maximum Gasteiger partial charge on any atom is 0.233 e. The number of ether oxygens (including phenoxy) is 1. The molecule has 1 atom stereocenters. The maximum absolute atomic E-state index is 11.9. The second kappa shape index (κ2) is 5.36. The van der Waals surface area contributed by atoms with Gasteiger partial charge in [0.15, 0.2) is 5.16 Å². The van der Waals surface area contributed by atoms with Crippen molar-refractivity contribution < 1.29 is 9.53 Å². The number of aromatic amines is 1. The Morgan fingerprint density at radius 2 is 2.35 bits per heavy atom. The highest BCUT2D eigenvalue weighted by atomic mass is 32.2. The van der Waals surface area contributed by atoms with E-state index in [1.54, 1.807) is 7.11 Å². The highest BCUT2D eigenvalue weighted by Gasteiger charge is 2.26. The lowest BCUT2D eigenvalue weighted by molar-refractivity contribution is -0.120. The first-order valence-corrected chi connectivity index (χ1v) is 7.54. The summed E-state index contributed by atoms with van der Waals surface area (Å²) in [6.45, 7) is 1.90. The summed E-state index contributed by atoms with van der Waals surface area (Å²) in [7, 11) is 1.64. The second-order valence-corrected chi connectivity index (χ2v) is 6.30. The number of benzene rings is 1. The Morgan fingerprint density at radius 1 is 1.55 bits per heavy atom. The molecule has 0 radical (unpaired) electrons. The predicted octanol–water partition coefficient (Wildman–Crippen LogP) is 2.33. The van der Waals surface area contributed by atoms with Crippen molar-refractivity contribution in [2.45, 2.75) is 36.2 Å². The highest BCUT2D eigenvalue weighted by molar-refractivity contribution is 8.00. The average molecular weight is 291 g/mol. The lowest BCUT2D eigenvalue weighted by Gasteiger charge is -2.09. The normalized spacial score (nSPS) is 16.1. The third-order valence-corrected chi connectivity index (χ3v) is 4.23. The standard InChI is InChI=1S/C14H17N3O2S/c1-8(13(18)15-9-3-4-9)20-14-16-11-6-5-10(19-2)7-12(11)17-14/h5-9H,3-4H2,1-2H3,(H,15,18)(H,16,17)/t8-/m1/s1. The Bertz CT molecular complexity index is 636. The molecule has 1 saturated carbocycles. The number of carbonyl (C=O) groups excluding carboxylic acids is 1. The molecule has 0 bridgehead atoms. The number of nitrogens with zero attached hydrogens (tertiary/aromatic N) is 1. The molecule has 2 N–H and O–H groups in total. The van der Waals surface area contributed by atoms with E-state index >= 15 is 0 Å². The molecule has 6 heteroatoms. The molecule has 1 aromatic carbocycles. The highest BCUT2D eigenvalue weighted by Crippen LogP contribution is 2.26. The summed E-state index contributed by atoms with van der Waals surface area (Å²) >= 11 is 1.44. The van der Waals surface area contributed by atoms with Crippen LogP contribution >= 0.6 is 11.8 Å². The first-order valence-electron chi connectivity index (χ1n) is 6.66. The molecule has 1 aliphatic carbocycles. The fourth-order valence-corrected chi connectivity index (χ4v) is 2.75. The summed E-state index contributed by atoms with van der Waals surface area (Å²) in [5.41, 5.74) is 1.80. The monoisotopic (exact) mass is 291 g/mol. The van der Waals surface area contributed by atoms with Gasteiger partial charge in [-0.2, -0.15) is 0 Å². The molecule has 0 spiro atoms. The van der Waals surface area contributed by atoms with E-state index in [9.17, 15) is 4.79 Å². The summed E-state index contributed by atoms with van der Waals surface area (Å²) in [6, 6.07) is 6.08. The fourth-order valence-electron chi connectivity index (χ4n) is 1.92. The van der Waals surface area contributed by atoms with Gasteiger partial charge < -0.3 is 15.0 Å². The van der Waals surface area contributed by atoms with Crippen LogP contribution in [-0.4, -0.2) is 34.3 Å². The van der Waals surface area contributed by atoms with E-state index in [1.165, 1.54) is 11.8 Å². The number of fused-ring (bicyclic) bond motifs is 1. The molecular formula is C14H17N3O2S. The zero-order chi connectivity index (χ0) is 14.1. The van der Waals surface area contributed by atoms with E-state index in [0.29, 0.717) is 6.04 Å². The van der Waals surface area contributed by atoms with Crippen LogP contribution in [0.15, 0.2) is 23.4 Å². The first-order chi connectivity index (χ1) is 9.65. The lowest BCUT2D eigenvalue weighted by atomic mass is 10.3. The van der Waals surface area contributed by atoms with Crippen LogP contribution in [0.5, 0.6) is 5.75 Å². The zero-order valence-electron chi connectivity index (χ0n) is 11.5. The minimum absolute atomic E-state index is 0.0792. The van der Waals surface area contributed by atoms with Crippen molar-refractivity contribution in [2.24, 2.45) is 0 Å². The number of hydrogen-bond acceptors (Lipinski definition) is 4. The number of methoxy groups -OCH3 is 1. The fraction of sp³-hybridized carbons (Fsp3) is 0.429. The van der Waals surface area contributed by atoms with Gasteiger partial charge in [0.25, 0.3) is 0 Å². The smallest absolute Gasteiger partial charge is 0.233 e. The number of carbonyl (C=O) groups is 1. The van der Waals surface area contributed by atoms with Crippen LogP contribution in [0.2, 0.25) is 0 Å². The molecule has 1 aromatic heterocycles. The number of H-pyrrole nitrogens is 1. The van der Waals surface area contributed by atoms with Crippen molar-refractivity contribution in [1.82, 2.24) is 15.3 Å². The Labute approximate surface area is 121 Å². The summed E-state index contributed by atoms with van der Waals surface area (Å²) < 4.78 is 5.18. The second-order valence-electron chi connectivity index (χ2n) is 4.97. The molecule has 20 heavy (non-hydrogen) atoms. The van der Waals surface area contributed by atoms with Crippen LogP contribution in [0.1, 0.15) is 19.8 Å². The number of imidazole rings is 1. The molecule has 1 fully saturated rings. The Kier molecular flexibility index (Phi) is 3.56. The van der Waals surface area contributed by atoms with Crippen molar-refractivity contribution in [2.75, 3.05) is 7.11 Å². The minimum Gasteiger partial charge on any atom is -0.497 e. The lowest BCUT2D eigenvalue weighted by Crippen LogP contribution is -2.32. The van der Waals surface area contributed by atoms with Crippen molar-refractivity contribution in [3.05, 3.63) is 18.2 Å². The number of nitrogens with one attached hydrogen (secondary N) is 2. The van der Waals surface area contributed by atoms with Crippen LogP contribution in [-0.2, 0) is 4.79 Å². The van der Waals surface area contributed by atoms with Crippen molar-refractivity contribution >= 4 is 28.7 Å². The van der Waals surface area contributed by atoms with Gasteiger partial charge in [0.2, 0.25) is 5.91 Å². The zero-order valence-corrected chi connectivity index (χ0v) is 12.3. The molecule has 2 aromatic rings. The van der Waals surface area contributed by atoms with Crippen molar-refractivity contribution in [3.8, 4) is 5.75 Å². The van der Waals surface area contributed by atoms with E-state index in [0.717, 1.165) is 34.8 Å². The SMILES string of the molecule is COc1ccc2nc(S[C@H](C)C(=O)NC3CC3)[nH]c2c1. The minimum atomic E-state index is -0.155. The summed E-state index contributed by atoms with van der Waals surface area (Å²) in [4.78, 5) is 19.6. The van der Waals surface area contributed by atoms with Gasteiger partial charge in [0, 0.05) is 12.1 Å². The summed E-state index contributed by atoms with van der Waals surface area (Å²) in [5, 5.41) is 3.61. The van der Waals surface area contributed by atoms with Crippen LogP contribution in [0.3, 0.4) is 0 Å². The van der Waals surface area contributed by atoms with Gasteiger partial charge in [-0.25, -0.2) is 4.98 Å². The van der Waals surface area contributed by atoms with Gasteiger partial charge in [0.05, 0.1) is 23.4 Å². The summed E-state index contributed by atoms with van der Waals surface area (Å²) in [5.74, 6) is 0.868. The molecule has 0 unspecified atom stereocenters. The Balaban J connectivity index is 1.71. The van der Waals surface area contributed by atoms with Gasteiger partial charge in [-0.1, -0.05) is 11.8 Å². The van der Waals surface area contributed by atoms with Crippen LogP contribution in [0, 0.1) is 0 Å². The van der Waals surface area contributed by atoms with Crippen LogP contribution in [0.25, 0.3) is 11.0 Å². The van der Waals surface area contributed by atoms with E-state index in [-0.39, 0.29) is 11.2 Å². The molecular weight excluding hydrogens is 274 g/mol. The molecule has 3 rings (SSSR count). The molecule has 1 heterocycles. The van der Waals surface area contributed by atoms with E-state index in [2.05, 4.69) is 15.3 Å². The Morgan fingerprint density at radius 3 is 3.05 bits per heavy atom. The predicted molar refractivity (Wildman–Crippen MR) is 79.1 cm³/mol. The van der Waals surface area contributed by atoms with E-state index in [1.807, 2.05) is 25.1 Å². The maximum atomic E-state index is 11.9. The third-order valence-electron chi connectivity index (χ3n) is 3.25. The quantitative estimate of drug-likeness (QED) is 0.830. The first kappa shape index (κ1) is 13.3. The van der Waals surface area contributed by atoms with Crippen LogP contribution in [0.4, 0.5) is 0 Å². The number of aromatic nitrogens is 2. The molecule has 5 nitrogen and oxygen atoms in total. The molecule has 0 saturated heterocycles. The number of amides is 1. The largest absolute Gasteiger partial charge is 0.497 e. The van der Waals surface area contributed by atoms with Gasteiger partial charge >= 0.3 is 0 Å². The molecule has 1 amide bonds. The number of hydrogen-bond donors (Lipinski definition) is 2. The number of rotatable bonds is 5. The average Bonchev–Trinajstić information content (AvgIpc) is 3.16. The van der Waals surface area contributed by atoms with Crippen molar-refractivity contribution in [3.63, 3.8) is 0 Å². The van der Waals surface area contributed by atoms with E-state index in [4.69, 9.17) is 4.74 Å². The summed E-state index contributed by atoms with van der Waals surface area (Å²) in [6.07, 6.45) is 2.21. The molecule has 1 aliphatic rings. The van der Waals surface area contributed by atoms with Crippen LogP contribution < -0.4 is 10.1 Å². The molecule has 0 aliphatic heterocycles. The topological polar surface area (TPSA) is 67.0 Å². The van der Waals surface area contributed by atoms with Gasteiger partial charge in [-0.3, -0.25) is 4.79 Å².